The van der Waals surface area contributed by atoms with Crippen molar-refractivity contribution in [2.75, 3.05) is 0 Å². The van der Waals surface area contributed by atoms with Gasteiger partial charge in [0.15, 0.2) is 0 Å². The predicted molar refractivity (Wildman–Crippen MR) is 59.5 cm³/mol. The molecule has 1 aliphatic carbocycles. The summed E-state index contributed by atoms with van der Waals surface area (Å²) in [6, 6.07) is 1.59. The summed E-state index contributed by atoms with van der Waals surface area (Å²) in [7, 11) is 0. The molecular formula is C11H20N2O2. The number of amides is 1. The van der Waals surface area contributed by atoms with E-state index in [0.29, 0.717) is 0 Å². The van der Waals surface area contributed by atoms with E-state index in [9.17, 15) is 4.79 Å². The minimum absolute atomic E-state index is 0.453. The second-order valence-corrected chi connectivity index (χ2v) is 4.90. The van der Waals surface area contributed by atoms with Crippen LogP contribution >= 0.6 is 0 Å². The topological polar surface area (TPSA) is 64.3 Å². The molecule has 0 spiro atoms. The molecule has 86 valence electrons. The smallest absolute Gasteiger partial charge is 0.405 e. The number of ether oxygens (including phenoxy) is 1. The van der Waals surface area contributed by atoms with Crippen LogP contribution in [0, 0.1) is 0 Å². The number of primary amides is 1. The predicted octanol–water partition coefficient (Wildman–Crippen LogP) is 1.56. The lowest BCUT2D eigenvalue weighted by atomic mass is 9.89. The summed E-state index contributed by atoms with van der Waals surface area (Å²) in [6.45, 7) is 5.28. The Morgan fingerprint density at radius 2 is 2.13 bits per heavy atom. The fraction of sp³-hybridized carbons (Fsp3) is 0.727. The van der Waals surface area contributed by atoms with Gasteiger partial charge in [0.1, 0.15) is 5.60 Å². The van der Waals surface area contributed by atoms with Crippen molar-refractivity contribution < 1.29 is 9.53 Å². The number of rotatable bonds is 0. The molecular weight excluding hydrogens is 192 g/mol. The van der Waals surface area contributed by atoms with Crippen LogP contribution in [0.25, 0.3) is 0 Å². The van der Waals surface area contributed by atoms with Gasteiger partial charge < -0.3 is 15.8 Å². The van der Waals surface area contributed by atoms with Crippen LogP contribution in [0.2, 0.25) is 0 Å². The van der Waals surface area contributed by atoms with Gasteiger partial charge >= 0.3 is 6.09 Å². The van der Waals surface area contributed by atoms with Gasteiger partial charge in [0.05, 0.1) is 0 Å². The maximum atomic E-state index is 10.0. The van der Waals surface area contributed by atoms with Gasteiger partial charge in [0.25, 0.3) is 0 Å². The first-order chi connectivity index (χ1) is 6.87. The third-order valence-electron chi connectivity index (χ3n) is 2.18. The van der Waals surface area contributed by atoms with Crippen molar-refractivity contribution in [1.29, 1.82) is 0 Å². The second-order valence-electron chi connectivity index (χ2n) is 4.90. The van der Waals surface area contributed by atoms with Crippen molar-refractivity contribution >= 4 is 6.09 Å². The number of nitrogens with one attached hydrogen (secondary N) is 1. The standard InChI is InChI=1S/C6H9N.C5H11NO2/c1-2-5-4-6(3-1)7-5;1-5(2,3)8-4(6)7/h1-2,5-7H,3-4H2;1-3H3,(H2,6,7). The van der Waals surface area contributed by atoms with Crippen LogP contribution in [-0.4, -0.2) is 23.8 Å². The van der Waals surface area contributed by atoms with Crippen LogP contribution in [0.3, 0.4) is 0 Å². The lowest BCUT2D eigenvalue weighted by Crippen LogP contribution is -2.52. The van der Waals surface area contributed by atoms with E-state index in [2.05, 4.69) is 22.2 Å². The Morgan fingerprint density at radius 1 is 1.53 bits per heavy atom. The monoisotopic (exact) mass is 212 g/mol. The molecule has 0 aromatic heterocycles. The summed E-state index contributed by atoms with van der Waals surface area (Å²) in [6.07, 6.45) is 6.46. The van der Waals surface area contributed by atoms with Gasteiger partial charge in [0.2, 0.25) is 0 Å². The lowest BCUT2D eigenvalue weighted by Gasteiger charge is -2.38. The van der Waals surface area contributed by atoms with Gasteiger partial charge in [-0.3, -0.25) is 0 Å². The zero-order chi connectivity index (χ0) is 11.5. The number of carbonyl (C=O) groups is 1. The number of carbonyl (C=O) groups excluding carboxylic acids is 1. The normalized spacial score (nSPS) is 27.1. The van der Waals surface area contributed by atoms with Crippen LogP contribution in [0.4, 0.5) is 4.79 Å². The fourth-order valence-corrected chi connectivity index (χ4v) is 1.59. The molecule has 4 nitrogen and oxygen atoms in total. The average molecular weight is 212 g/mol. The molecule has 3 rings (SSSR count). The molecule has 2 bridgehead atoms. The number of hydrogen-bond acceptors (Lipinski definition) is 3. The van der Waals surface area contributed by atoms with Crippen molar-refractivity contribution in [3.8, 4) is 0 Å². The summed E-state index contributed by atoms with van der Waals surface area (Å²) in [5.74, 6) is 0. The summed E-state index contributed by atoms with van der Waals surface area (Å²) in [5.41, 5.74) is 4.26. The molecule has 0 saturated carbocycles. The zero-order valence-electron chi connectivity index (χ0n) is 9.62. The molecule has 1 amide bonds. The van der Waals surface area contributed by atoms with Gasteiger partial charge in [-0.05, 0) is 33.6 Å². The molecule has 0 radical (unpaired) electrons. The van der Waals surface area contributed by atoms with Crippen molar-refractivity contribution in [3.05, 3.63) is 12.2 Å². The van der Waals surface area contributed by atoms with E-state index in [4.69, 9.17) is 5.73 Å². The molecule has 0 aromatic carbocycles. The maximum absolute atomic E-state index is 10.0. The first-order valence-corrected chi connectivity index (χ1v) is 5.28. The quantitative estimate of drug-likeness (QED) is 0.599. The Labute approximate surface area is 90.9 Å². The Morgan fingerprint density at radius 3 is 2.20 bits per heavy atom. The van der Waals surface area contributed by atoms with E-state index in [1.165, 1.54) is 12.8 Å². The highest BCUT2D eigenvalue weighted by Gasteiger charge is 2.27. The molecule has 15 heavy (non-hydrogen) atoms. The molecule has 0 aromatic rings. The molecule has 2 unspecified atom stereocenters. The third-order valence-corrected chi connectivity index (χ3v) is 2.18. The average Bonchev–Trinajstić information content (AvgIpc) is 2.00. The SMILES string of the molecule is C1=CC2CC(C1)N2.CC(C)(C)OC(N)=O. The van der Waals surface area contributed by atoms with E-state index in [1.807, 2.05) is 0 Å². The van der Waals surface area contributed by atoms with Crippen LogP contribution < -0.4 is 11.1 Å². The summed E-state index contributed by atoms with van der Waals surface area (Å²) in [4.78, 5) is 10.0. The Hall–Kier alpha value is -1.03. The van der Waals surface area contributed by atoms with Crippen molar-refractivity contribution in [3.63, 3.8) is 0 Å². The fourth-order valence-electron chi connectivity index (χ4n) is 1.59. The number of fused-ring (bicyclic) bond motifs is 1. The van der Waals surface area contributed by atoms with E-state index < -0.39 is 11.7 Å². The minimum Gasteiger partial charge on any atom is -0.444 e. The van der Waals surface area contributed by atoms with Crippen molar-refractivity contribution in [2.24, 2.45) is 5.73 Å². The Kier molecular flexibility index (Phi) is 3.74. The van der Waals surface area contributed by atoms with E-state index in [1.54, 1.807) is 20.8 Å². The van der Waals surface area contributed by atoms with Crippen LogP contribution in [-0.2, 0) is 4.74 Å². The van der Waals surface area contributed by atoms with Gasteiger partial charge in [-0.15, -0.1) is 0 Å². The zero-order valence-corrected chi connectivity index (χ0v) is 9.62. The van der Waals surface area contributed by atoms with Gasteiger partial charge in [-0.1, -0.05) is 12.2 Å². The highest BCUT2D eigenvalue weighted by atomic mass is 16.6. The van der Waals surface area contributed by atoms with Gasteiger partial charge in [-0.2, -0.15) is 0 Å². The number of hydrogen-bond donors (Lipinski definition) is 2. The van der Waals surface area contributed by atoms with Gasteiger partial charge in [-0.25, -0.2) is 4.79 Å². The molecule has 2 atom stereocenters. The largest absolute Gasteiger partial charge is 0.444 e. The minimum atomic E-state index is -0.725. The molecule has 2 aliphatic heterocycles. The Bertz CT molecular complexity index is 250. The van der Waals surface area contributed by atoms with Crippen LogP contribution in [0.1, 0.15) is 33.6 Å². The summed E-state index contributed by atoms with van der Waals surface area (Å²) >= 11 is 0. The van der Waals surface area contributed by atoms with Gasteiger partial charge in [0, 0.05) is 12.1 Å². The highest BCUT2D eigenvalue weighted by molar-refractivity contribution is 5.65. The molecule has 1 saturated heterocycles. The van der Waals surface area contributed by atoms with Crippen LogP contribution in [0.5, 0.6) is 0 Å². The molecule has 2 heterocycles. The summed E-state index contributed by atoms with van der Waals surface area (Å²) < 4.78 is 4.58. The van der Waals surface area contributed by atoms with Crippen LogP contribution in [0.15, 0.2) is 12.2 Å². The van der Waals surface area contributed by atoms with Crippen molar-refractivity contribution in [1.82, 2.24) is 5.32 Å². The van der Waals surface area contributed by atoms with E-state index >= 15 is 0 Å². The maximum Gasteiger partial charge on any atom is 0.405 e. The Balaban J connectivity index is 0.000000150. The van der Waals surface area contributed by atoms with E-state index in [-0.39, 0.29) is 0 Å². The lowest BCUT2D eigenvalue weighted by molar-refractivity contribution is 0.0600. The third kappa shape index (κ3) is 4.83. The number of nitrogens with two attached hydrogens (primary N) is 1. The summed E-state index contributed by atoms with van der Waals surface area (Å²) in [5, 5.41) is 3.39. The molecule has 1 fully saturated rings. The molecule has 3 N–H and O–H groups in total. The first-order valence-electron chi connectivity index (χ1n) is 5.28. The second kappa shape index (κ2) is 4.66. The first kappa shape index (κ1) is 12.0. The van der Waals surface area contributed by atoms with E-state index in [0.717, 1.165) is 12.1 Å². The molecule has 4 heteroatoms. The molecule has 3 aliphatic rings. The highest BCUT2D eigenvalue weighted by Crippen LogP contribution is 2.21. The van der Waals surface area contributed by atoms with Crippen molar-refractivity contribution in [2.45, 2.75) is 51.3 Å².